The van der Waals surface area contributed by atoms with Gasteiger partial charge >= 0.3 is 0 Å². The van der Waals surface area contributed by atoms with Crippen LogP contribution in [0.4, 0.5) is 11.4 Å². The molecule has 2 aromatic rings. The van der Waals surface area contributed by atoms with Crippen LogP contribution < -0.4 is 10.7 Å². The van der Waals surface area contributed by atoms with Gasteiger partial charge in [0, 0.05) is 12.7 Å². The Bertz CT molecular complexity index is 529. The van der Waals surface area contributed by atoms with Crippen LogP contribution in [0.1, 0.15) is 12.5 Å². The number of rotatable bonds is 3. The molecule has 0 aliphatic heterocycles. The zero-order valence-electron chi connectivity index (χ0n) is 10.7. The number of nitrogens with two attached hydrogens (primary N) is 1. The molecule has 0 radical (unpaired) electrons. The molecule has 0 bridgehead atoms. The molecule has 18 heavy (non-hydrogen) atoms. The molecule has 0 aliphatic rings. The van der Waals surface area contributed by atoms with Crippen LogP contribution in [0.3, 0.4) is 0 Å². The lowest BCUT2D eigenvalue weighted by molar-refractivity contribution is 1.01. The molecule has 0 unspecified atom stereocenters. The molecule has 0 heterocycles. The van der Waals surface area contributed by atoms with Gasteiger partial charge in [0.1, 0.15) is 0 Å². The molecule has 2 N–H and O–H groups in total. The minimum atomic E-state index is 0.767. The molecule has 0 spiro atoms. The number of hydrogen-bond donors (Lipinski definition) is 1. The van der Waals surface area contributed by atoms with E-state index >= 15 is 0 Å². The standard InChI is InChI=1S/C15H17N3/c1-12(13-8-10-14(16)11-9-13)17-18(2)15-6-4-3-5-7-15/h3-11H,16H2,1-2H3/b17-12+. The molecule has 92 valence electrons. The van der Waals surface area contributed by atoms with Crippen LogP contribution in [0, 0.1) is 0 Å². The number of hydrazone groups is 1. The molecule has 0 atom stereocenters. The number of nitrogen functional groups attached to an aromatic ring is 1. The van der Waals surface area contributed by atoms with Crippen molar-refractivity contribution in [2.24, 2.45) is 5.10 Å². The Kier molecular flexibility index (Phi) is 3.63. The predicted octanol–water partition coefficient (Wildman–Crippen LogP) is 3.13. The van der Waals surface area contributed by atoms with E-state index in [9.17, 15) is 0 Å². The Labute approximate surface area is 108 Å². The Morgan fingerprint density at radius 2 is 1.61 bits per heavy atom. The lowest BCUT2D eigenvalue weighted by Crippen LogP contribution is -2.12. The molecule has 2 rings (SSSR count). The molecule has 3 heteroatoms. The molecule has 0 aliphatic carbocycles. The first kappa shape index (κ1) is 12.2. The van der Waals surface area contributed by atoms with Crippen LogP contribution in [0.5, 0.6) is 0 Å². The molecule has 0 aromatic heterocycles. The van der Waals surface area contributed by atoms with E-state index in [1.807, 2.05) is 73.6 Å². The third-order valence-corrected chi connectivity index (χ3v) is 2.76. The Hall–Kier alpha value is -2.29. The summed E-state index contributed by atoms with van der Waals surface area (Å²) in [6.07, 6.45) is 0. The summed E-state index contributed by atoms with van der Waals surface area (Å²) in [4.78, 5) is 0. The van der Waals surface area contributed by atoms with E-state index in [2.05, 4.69) is 5.10 Å². The topological polar surface area (TPSA) is 41.6 Å². The van der Waals surface area contributed by atoms with Gasteiger partial charge < -0.3 is 5.73 Å². The maximum absolute atomic E-state index is 5.67. The fourth-order valence-electron chi connectivity index (χ4n) is 1.71. The van der Waals surface area contributed by atoms with Crippen LogP contribution in [-0.2, 0) is 0 Å². The Balaban J connectivity index is 2.20. The highest BCUT2D eigenvalue weighted by Gasteiger charge is 2.01. The SMILES string of the molecule is C/C(=N\N(C)c1ccccc1)c1ccc(N)cc1. The van der Waals surface area contributed by atoms with Crippen molar-refractivity contribution in [3.05, 3.63) is 60.2 Å². The zero-order valence-corrected chi connectivity index (χ0v) is 10.7. The summed E-state index contributed by atoms with van der Waals surface area (Å²) >= 11 is 0. The summed E-state index contributed by atoms with van der Waals surface area (Å²) in [6, 6.07) is 17.8. The average Bonchev–Trinajstić information content (AvgIpc) is 2.40. The zero-order chi connectivity index (χ0) is 13.0. The van der Waals surface area contributed by atoms with Gasteiger partial charge in [0.2, 0.25) is 0 Å². The summed E-state index contributed by atoms with van der Waals surface area (Å²) in [7, 11) is 1.94. The summed E-state index contributed by atoms with van der Waals surface area (Å²) in [5.41, 5.74) is 9.53. The van der Waals surface area contributed by atoms with Crippen molar-refractivity contribution in [2.45, 2.75) is 6.92 Å². The summed E-state index contributed by atoms with van der Waals surface area (Å²) in [5, 5.41) is 6.42. The van der Waals surface area contributed by atoms with E-state index in [1.54, 1.807) is 0 Å². The van der Waals surface area contributed by atoms with Crippen molar-refractivity contribution in [2.75, 3.05) is 17.8 Å². The minimum Gasteiger partial charge on any atom is -0.399 e. The van der Waals surface area contributed by atoms with Crippen LogP contribution in [0.2, 0.25) is 0 Å². The summed E-state index contributed by atoms with van der Waals surface area (Å²) < 4.78 is 0. The molecule has 0 saturated carbocycles. The number of anilines is 2. The Morgan fingerprint density at radius 1 is 1.00 bits per heavy atom. The maximum Gasteiger partial charge on any atom is 0.0650 e. The highest BCUT2D eigenvalue weighted by Crippen LogP contribution is 2.13. The quantitative estimate of drug-likeness (QED) is 0.508. The predicted molar refractivity (Wildman–Crippen MR) is 77.9 cm³/mol. The van der Waals surface area contributed by atoms with Gasteiger partial charge in [0.05, 0.1) is 11.4 Å². The van der Waals surface area contributed by atoms with Gasteiger partial charge in [-0.2, -0.15) is 5.10 Å². The lowest BCUT2D eigenvalue weighted by atomic mass is 10.1. The summed E-state index contributed by atoms with van der Waals surface area (Å²) in [5.74, 6) is 0. The largest absolute Gasteiger partial charge is 0.399 e. The normalized spacial score (nSPS) is 11.3. The number of hydrogen-bond acceptors (Lipinski definition) is 3. The van der Waals surface area contributed by atoms with Crippen LogP contribution in [-0.4, -0.2) is 12.8 Å². The van der Waals surface area contributed by atoms with Crippen molar-refractivity contribution in [3.8, 4) is 0 Å². The van der Waals surface area contributed by atoms with E-state index in [0.717, 1.165) is 22.6 Å². The molecular formula is C15H17N3. The van der Waals surface area contributed by atoms with E-state index in [0.29, 0.717) is 0 Å². The van der Waals surface area contributed by atoms with Crippen molar-refractivity contribution in [3.63, 3.8) is 0 Å². The van der Waals surface area contributed by atoms with Gasteiger partial charge in [-0.25, -0.2) is 0 Å². The van der Waals surface area contributed by atoms with Crippen molar-refractivity contribution in [1.29, 1.82) is 0 Å². The van der Waals surface area contributed by atoms with Crippen LogP contribution in [0.25, 0.3) is 0 Å². The van der Waals surface area contributed by atoms with Crippen molar-refractivity contribution >= 4 is 17.1 Å². The summed E-state index contributed by atoms with van der Waals surface area (Å²) in [6.45, 7) is 1.99. The lowest BCUT2D eigenvalue weighted by Gasteiger charge is -2.14. The molecule has 0 amide bonds. The fraction of sp³-hybridized carbons (Fsp3) is 0.133. The third-order valence-electron chi connectivity index (χ3n) is 2.76. The highest BCUT2D eigenvalue weighted by atomic mass is 15.4. The molecule has 2 aromatic carbocycles. The van der Waals surface area contributed by atoms with Gasteiger partial charge in [-0.15, -0.1) is 0 Å². The van der Waals surface area contributed by atoms with E-state index in [-0.39, 0.29) is 0 Å². The van der Waals surface area contributed by atoms with Crippen LogP contribution >= 0.6 is 0 Å². The second kappa shape index (κ2) is 5.36. The molecule has 3 nitrogen and oxygen atoms in total. The van der Waals surface area contributed by atoms with E-state index in [4.69, 9.17) is 5.73 Å². The van der Waals surface area contributed by atoms with Gasteiger partial charge in [-0.1, -0.05) is 30.3 Å². The second-order valence-corrected chi connectivity index (χ2v) is 4.17. The van der Waals surface area contributed by atoms with Gasteiger partial charge in [-0.3, -0.25) is 5.01 Å². The number of nitrogens with zero attached hydrogens (tertiary/aromatic N) is 2. The van der Waals surface area contributed by atoms with Gasteiger partial charge in [0.25, 0.3) is 0 Å². The molecule has 0 saturated heterocycles. The smallest absolute Gasteiger partial charge is 0.0650 e. The van der Waals surface area contributed by atoms with E-state index < -0.39 is 0 Å². The van der Waals surface area contributed by atoms with Crippen molar-refractivity contribution in [1.82, 2.24) is 0 Å². The highest BCUT2D eigenvalue weighted by molar-refractivity contribution is 5.99. The second-order valence-electron chi connectivity index (χ2n) is 4.17. The minimum absolute atomic E-state index is 0.767. The van der Waals surface area contributed by atoms with Gasteiger partial charge in [-0.05, 0) is 36.8 Å². The monoisotopic (exact) mass is 239 g/mol. The third kappa shape index (κ3) is 2.88. The van der Waals surface area contributed by atoms with Gasteiger partial charge in [0.15, 0.2) is 0 Å². The first-order valence-corrected chi connectivity index (χ1v) is 5.87. The Morgan fingerprint density at radius 3 is 2.22 bits per heavy atom. The first-order chi connectivity index (χ1) is 8.66. The van der Waals surface area contributed by atoms with E-state index in [1.165, 1.54) is 0 Å². The average molecular weight is 239 g/mol. The first-order valence-electron chi connectivity index (χ1n) is 5.87. The van der Waals surface area contributed by atoms with Crippen LogP contribution in [0.15, 0.2) is 59.7 Å². The maximum atomic E-state index is 5.67. The molecular weight excluding hydrogens is 222 g/mol. The van der Waals surface area contributed by atoms with Crippen molar-refractivity contribution < 1.29 is 0 Å². The fourth-order valence-corrected chi connectivity index (χ4v) is 1.71. The number of para-hydroxylation sites is 1. The number of benzene rings is 2. The molecule has 0 fully saturated rings.